The van der Waals surface area contributed by atoms with Crippen LogP contribution in [-0.2, 0) is 4.79 Å². The van der Waals surface area contributed by atoms with Crippen LogP contribution in [0.5, 0.6) is 0 Å². The summed E-state index contributed by atoms with van der Waals surface area (Å²) in [6.07, 6.45) is 2.17. The minimum atomic E-state index is -0.126. The molecule has 0 aromatic heterocycles. The first-order valence-electron chi connectivity index (χ1n) is 9.10. The van der Waals surface area contributed by atoms with Gasteiger partial charge in [0.25, 0.3) is 5.91 Å². The van der Waals surface area contributed by atoms with E-state index < -0.39 is 0 Å². The lowest BCUT2D eigenvalue weighted by Crippen LogP contribution is -2.29. The van der Waals surface area contributed by atoms with Crippen LogP contribution < -0.4 is 5.32 Å². The van der Waals surface area contributed by atoms with Crippen LogP contribution in [-0.4, -0.2) is 35.6 Å². The van der Waals surface area contributed by atoms with Crippen molar-refractivity contribution in [2.45, 2.75) is 30.7 Å². The first kappa shape index (κ1) is 20.0. The Morgan fingerprint density at radius 2 is 1.89 bits per heavy atom. The number of rotatable bonds is 6. The van der Waals surface area contributed by atoms with Crippen LogP contribution in [0.15, 0.2) is 57.9 Å². The maximum absolute atomic E-state index is 12.8. The molecule has 1 atom stereocenters. The van der Waals surface area contributed by atoms with Gasteiger partial charge in [0.1, 0.15) is 0 Å². The monoisotopic (exact) mass is 446 g/mol. The van der Waals surface area contributed by atoms with E-state index in [0.29, 0.717) is 11.3 Å². The molecule has 4 nitrogen and oxygen atoms in total. The standard InChI is InChI=1S/C21H23BrN2O2S/c1-15(16-7-6-8-17(22)13-16)23-21(26)18-9-2-3-10-19(18)27-14-20(25)24-11-4-5-12-24/h2-3,6-10,13,15H,4-5,11-12,14H2,1H3,(H,23,26)/t15-/m1/s1. The molecule has 3 rings (SSSR count). The Bertz CT molecular complexity index is 821. The first-order valence-corrected chi connectivity index (χ1v) is 10.9. The fourth-order valence-electron chi connectivity index (χ4n) is 3.11. The van der Waals surface area contributed by atoms with Crippen molar-refractivity contribution in [3.8, 4) is 0 Å². The molecule has 2 aromatic carbocycles. The van der Waals surface area contributed by atoms with Crippen molar-refractivity contribution in [1.29, 1.82) is 0 Å². The SMILES string of the molecule is C[C@@H](NC(=O)c1ccccc1SCC(=O)N1CCCC1)c1cccc(Br)c1. The quantitative estimate of drug-likeness (QED) is 0.656. The molecule has 1 aliphatic rings. The maximum Gasteiger partial charge on any atom is 0.252 e. The third-order valence-electron chi connectivity index (χ3n) is 4.64. The zero-order valence-corrected chi connectivity index (χ0v) is 17.7. The van der Waals surface area contributed by atoms with Gasteiger partial charge in [-0.05, 0) is 49.6 Å². The van der Waals surface area contributed by atoms with Crippen LogP contribution in [0.1, 0.15) is 41.7 Å². The van der Waals surface area contributed by atoms with Gasteiger partial charge in [0.2, 0.25) is 5.91 Å². The zero-order valence-electron chi connectivity index (χ0n) is 15.3. The van der Waals surface area contributed by atoms with Crippen LogP contribution in [0.2, 0.25) is 0 Å². The van der Waals surface area contributed by atoms with Crippen LogP contribution in [0.4, 0.5) is 0 Å². The fourth-order valence-corrected chi connectivity index (χ4v) is 4.48. The van der Waals surface area contributed by atoms with Crippen LogP contribution in [0, 0.1) is 0 Å². The minimum absolute atomic E-state index is 0.112. The topological polar surface area (TPSA) is 49.4 Å². The number of nitrogens with one attached hydrogen (secondary N) is 1. The lowest BCUT2D eigenvalue weighted by Gasteiger charge is -2.17. The Morgan fingerprint density at radius 3 is 2.63 bits per heavy atom. The lowest BCUT2D eigenvalue weighted by atomic mass is 10.1. The van der Waals surface area contributed by atoms with Gasteiger partial charge in [0.15, 0.2) is 0 Å². The van der Waals surface area contributed by atoms with Crippen LogP contribution >= 0.6 is 27.7 Å². The third-order valence-corrected chi connectivity index (χ3v) is 6.19. The predicted molar refractivity (Wildman–Crippen MR) is 113 cm³/mol. The van der Waals surface area contributed by atoms with Gasteiger partial charge in [0, 0.05) is 22.5 Å². The third kappa shape index (κ3) is 5.36. The predicted octanol–water partition coefficient (Wildman–Crippen LogP) is 4.65. The molecule has 1 heterocycles. The average Bonchev–Trinajstić information content (AvgIpc) is 3.21. The highest BCUT2D eigenvalue weighted by Gasteiger charge is 2.20. The van der Waals surface area contributed by atoms with Crippen molar-refractivity contribution in [3.05, 3.63) is 64.1 Å². The molecule has 1 N–H and O–H groups in total. The van der Waals surface area contributed by atoms with Gasteiger partial charge in [0.05, 0.1) is 17.4 Å². The largest absolute Gasteiger partial charge is 0.345 e. The van der Waals surface area contributed by atoms with E-state index >= 15 is 0 Å². The number of carbonyl (C=O) groups is 2. The molecule has 0 saturated carbocycles. The minimum Gasteiger partial charge on any atom is -0.345 e. The van der Waals surface area contributed by atoms with E-state index in [1.165, 1.54) is 11.8 Å². The second-order valence-electron chi connectivity index (χ2n) is 6.62. The van der Waals surface area contributed by atoms with Gasteiger partial charge in [-0.25, -0.2) is 0 Å². The molecule has 0 spiro atoms. The van der Waals surface area contributed by atoms with Gasteiger partial charge in [-0.2, -0.15) is 0 Å². The summed E-state index contributed by atoms with van der Waals surface area (Å²) in [5.41, 5.74) is 1.64. The van der Waals surface area contributed by atoms with Crippen molar-refractivity contribution >= 4 is 39.5 Å². The Kier molecular flexibility index (Phi) is 6.96. The van der Waals surface area contributed by atoms with E-state index in [9.17, 15) is 9.59 Å². The number of halogens is 1. The molecule has 0 bridgehead atoms. The lowest BCUT2D eigenvalue weighted by molar-refractivity contribution is -0.127. The van der Waals surface area contributed by atoms with Crippen molar-refractivity contribution in [2.24, 2.45) is 0 Å². The summed E-state index contributed by atoms with van der Waals surface area (Å²) in [6.45, 7) is 3.67. The molecule has 6 heteroatoms. The normalized spacial score (nSPS) is 14.8. The number of hydrogen-bond acceptors (Lipinski definition) is 3. The highest BCUT2D eigenvalue weighted by atomic mass is 79.9. The summed E-state index contributed by atoms with van der Waals surface area (Å²) >= 11 is 4.90. The number of carbonyl (C=O) groups excluding carboxylic acids is 2. The Morgan fingerprint density at radius 1 is 1.15 bits per heavy atom. The molecule has 1 aliphatic heterocycles. The van der Waals surface area contributed by atoms with Gasteiger partial charge in [-0.15, -0.1) is 11.8 Å². The van der Waals surface area contributed by atoms with Crippen molar-refractivity contribution in [2.75, 3.05) is 18.8 Å². The summed E-state index contributed by atoms with van der Waals surface area (Å²) in [4.78, 5) is 27.8. The van der Waals surface area contributed by atoms with E-state index in [1.807, 2.05) is 60.4 Å². The molecule has 1 saturated heterocycles. The van der Waals surface area contributed by atoms with E-state index in [4.69, 9.17) is 0 Å². The Balaban J connectivity index is 1.65. The van der Waals surface area contributed by atoms with Gasteiger partial charge >= 0.3 is 0 Å². The van der Waals surface area contributed by atoms with E-state index in [2.05, 4.69) is 21.2 Å². The summed E-state index contributed by atoms with van der Waals surface area (Å²) in [6, 6.07) is 15.3. The Hall–Kier alpha value is -1.79. The smallest absolute Gasteiger partial charge is 0.252 e. The van der Waals surface area contributed by atoms with Crippen LogP contribution in [0.25, 0.3) is 0 Å². The number of benzene rings is 2. The molecule has 27 heavy (non-hydrogen) atoms. The van der Waals surface area contributed by atoms with E-state index in [0.717, 1.165) is 40.9 Å². The molecule has 1 fully saturated rings. The van der Waals surface area contributed by atoms with Gasteiger partial charge < -0.3 is 10.2 Å². The van der Waals surface area contributed by atoms with Crippen molar-refractivity contribution < 1.29 is 9.59 Å². The number of thioether (sulfide) groups is 1. The fraction of sp³-hybridized carbons (Fsp3) is 0.333. The van der Waals surface area contributed by atoms with Crippen LogP contribution in [0.3, 0.4) is 0 Å². The molecular formula is C21H23BrN2O2S. The second-order valence-corrected chi connectivity index (χ2v) is 8.56. The summed E-state index contributed by atoms with van der Waals surface area (Å²) in [7, 11) is 0. The van der Waals surface area contributed by atoms with Crippen molar-refractivity contribution in [3.63, 3.8) is 0 Å². The average molecular weight is 447 g/mol. The molecule has 142 valence electrons. The summed E-state index contributed by atoms with van der Waals surface area (Å²) in [5, 5.41) is 3.05. The molecular weight excluding hydrogens is 424 g/mol. The summed E-state index contributed by atoms with van der Waals surface area (Å²) < 4.78 is 0.984. The first-order chi connectivity index (χ1) is 13.0. The molecule has 2 amide bonds. The highest BCUT2D eigenvalue weighted by Crippen LogP contribution is 2.25. The van der Waals surface area contributed by atoms with E-state index in [1.54, 1.807) is 0 Å². The number of amides is 2. The maximum atomic E-state index is 12.8. The van der Waals surface area contributed by atoms with Crippen molar-refractivity contribution in [1.82, 2.24) is 10.2 Å². The zero-order chi connectivity index (χ0) is 19.2. The van der Waals surface area contributed by atoms with E-state index in [-0.39, 0.29) is 17.9 Å². The molecule has 0 unspecified atom stereocenters. The number of likely N-dealkylation sites (tertiary alicyclic amines) is 1. The molecule has 0 radical (unpaired) electrons. The second kappa shape index (κ2) is 9.42. The molecule has 2 aromatic rings. The Labute approximate surface area is 172 Å². The number of nitrogens with zero attached hydrogens (tertiary/aromatic N) is 1. The highest BCUT2D eigenvalue weighted by molar-refractivity contribution is 9.10. The summed E-state index contributed by atoms with van der Waals surface area (Å²) in [5.74, 6) is 0.389. The van der Waals surface area contributed by atoms with Gasteiger partial charge in [-0.1, -0.05) is 40.2 Å². The molecule has 0 aliphatic carbocycles. The number of hydrogen-bond donors (Lipinski definition) is 1. The van der Waals surface area contributed by atoms with Gasteiger partial charge in [-0.3, -0.25) is 9.59 Å².